The number of carbonyl (C=O) groups is 1. The lowest BCUT2D eigenvalue weighted by Crippen LogP contribution is -2.36. The van der Waals surface area contributed by atoms with E-state index in [0.29, 0.717) is 18.0 Å². The molecule has 0 heterocycles. The first-order valence-electron chi connectivity index (χ1n) is 6.61. The van der Waals surface area contributed by atoms with Crippen LogP contribution in [-0.4, -0.2) is 43.6 Å². The zero-order chi connectivity index (χ0) is 13.7. The zero-order valence-corrected chi connectivity index (χ0v) is 11.3. The van der Waals surface area contributed by atoms with Crippen molar-refractivity contribution in [3.63, 3.8) is 0 Å². The summed E-state index contributed by atoms with van der Waals surface area (Å²) in [6, 6.07) is 7.88. The number of nitrogens with two attached hydrogens (primary N) is 1. The van der Waals surface area contributed by atoms with E-state index in [1.165, 1.54) is 12.8 Å². The van der Waals surface area contributed by atoms with Crippen molar-refractivity contribution in [2.45, 2.75) is 18.9 Å². The average molecular weight is 263 g/mol. The minimum absolute atomic E-state index is 0.00135. The average Bonchev–Trinajstić information content (AvgIpc) is 3.22. The molecule has 1 aliphatic rings. The molecule has 0 atom stereocenters. The molecule has 0 spiro atoms. The van der Waals surface area contributed by atoms with Gasteiger partial charge >= 0.3 is 0 Å². The first kappa shape index (κ1) is 13.7. The van der Waals surface area contributed by atoms with Gasteiger partial charge in [-0.05, 0) is 32.0 Å². The number of para-hydroxylation sites is 2. The molecule has 0 bridgehead atoms. The molecule has 104 valence electrons. The lowest BCUT2D eigenvalue weighted by atomic mass is 10.3. The van der Waals surface area contributed by atoms with Gasteiger partial charge in [0.2, 0.25) is 0 Å². The van der Waals surface area contributed by atoms with Gasteiger partial charge in [0.25, 0.3) is 5.91 Å². The van der Waals surface area contributed by atoms with Gasteiger partial charge in [-0.2, -0.15) is 0 Å². The van der Waals surface area contributed by atoms with Gasteiger partial charge in [-0.15, -0.1) is 0 Å². The van der Waals surface area contributed by atoms with Crippen molar-refractivity contribution in [2.24, 2.45) is 0 Å². The Bertz CT molecular complexity index is 432. The maximum atomic E-state index is 11.6. The van der Waals surface area contributed by atoms with E-state index in [0.717, 1.165) is 12.6 Å². The van der Waals surface area contributed by atoms with Crippen molar-refractivity contribution < 1.29 is 9.53 Å². The number of nitrogens with one attached hydrogen (secondary N) is 1. The van der Waals surface area contributed by atoms with Crippen molar-refractivity contribution in [2.75, 3.05) is 32.5 Å². The van der Waals surface area contributed by atoms with Crippen LogP contribution >= 0.6 is 0 Å². The molecule has 1 fully saturated rings. The van der Waals surface area contributed by atoms with E-state index >= 15 is 0 Å². The summed E-state index contributed by atoms with van der Waals surface area (Å²) >= 11 is 0. The van der Waals surface area contributed by atoms with Crippen molar-refractivity contribution in [1.82, 2.24) is 10.2 Å². The second kappa shape index (κ2) is 6.43. The number of anilines is 1. The number of likely N-dealkylation sites (N-methyl/N-ethyl adjacent to an activating group) is 1. The number of nitrogen functional groups attached to an aromatic ring is 1. The van der Waals surface area contributed by atoms with Gasteiger partial charge in [0.15, 0.2) is 6.61 Å². The summed E-state index contributed by atoms with van der Waals surface area (Å²) in [6.07, 6.45) is 2.56. The Balaban J connectivity index is 1.63. The van der Waals surface area contributed by atoms with Gasteiger partial charge < -0.3 is 20.7 Å². The van der Waals surface area contributed by atoms with E-state index in [-0.39, 0.29) is 12.5 Å². The molecule has 0 aromatic heterocycles. The van der Waals surface area contributed by atoms with Gasteiger partial charge in [-0.1, -0.05) is 12.1 Å². The summed E-state index contributed by atoms with van der Waals surface area (Å²) in [6.45, 7) is 1.53. The van der Waals surface area contributed by atoms with Gasteiger partial charge in [0.05, 0.1) is 5.69 Å². The molecule has 5 heteroatoms. The van der Waals surface area contributed by atoms with E-state index in [4.69, 9.17) is 10.5 Å². The highest BCUT2D eigenvalue weighted by Crippen LogP contribution is 2.24. The van der Waals surface area contributed by atoms with Gasteiger partial charge in [-0.25, -0.2) is 0 Å². The lowest BCUT2D eigenvalue weighted by molar-refractivity contribution is -0.123. The normalized spacial score (nSPS) is 14.4. The SMILES string of the molecule is CN(CCNC(=O)COc1ccccc1N)C1CC1. The summed E-state index contributed by atoms with van der Waals surface area (Å²) in [5.74, 6) is 0.431. The third kappa shape index (κ3) is 4.44. The number of hydrogen-bond donors (Lipinski definition) is 2. The monoisotopic (exact) mass is 263 g/mol. The molecule has 1 aromatic carbocycles. The smallest absolute Gasteiger partial charge is 0.257 e. The Labute approximate surface area is 113 Å². The van der Waals surface area contributed by atoms with Crippen LogP contribution in [0.5, 0.6) is 5.75 Å². The summed E-state index contributed by atoms with van der Waals surface area (Å²) in [5, 5.41) is 2.84. The summed E-state index contributed by atoms with van der Waals surface area (Å²) < 4.78 is 5.37. The highest BCUT2D eigenvalue weighted by Gasteiger charge is 2.25. The zero-order valence-electron chi connectivity index (χ0n) is 11.3. The van der Waals surface area contributed by atoms with Crippen LogP contribution in [0.1, 0.15) is 12.8 Å². The third-order valence-corrected chi connectivity index (χ3v) is 3.23. The largest absolute Gasteiger partial charge is 0.482 e. The van der Waals surface area contributed by atoms with Crippen LogP contribution in [0.25, 0.3) is 0 Å². The second-order valence-corrected chi connectivity index (χ2v) is 4.89. The molecule has 0 unspecified atom stereocenters. The third-order valence-electron chi connectivity index (χ3n) is 3.23. The summed E-state index contributed by atoms with van der Waals surface area (Å²) in [5.41, 5.74) is 6.27. The minimum atomic E-state index is -0.118. The Hall–Kier alpha value is -1.75. The first-order chi connectivity index (χ1) is 9.16. The predicted molar refractivity (Wildman–Crippen MR) is 75.0 cm³/mol. The van der Waals surface area contributed by atoms with Crippen molar-refractivity contribution in [1.29, 1.82) is 0 Å². The first-order valence-corrected chi connectivity index (χ1v) is 6.61. The van der Waals surface area contributed by atoms with Gasteiger partial charge in [0.1, 0.15) is 5.75 Å². The molecule has 1 aliphatic carbocycles. The number of carbonyl (C=O) groups excluding carboxylic acids is 1. The number of hydrogen-bond acceptors (Lipinski definition) is 4. The molecular formula is C14H21N3O2. The number of amides is 1. The highest BCUT2D eigenvalue weighted by atomic mass is 16.5. The van der Waals surface area contributed by atoms with Gasteiger partial charge in [-0.3, -0.25) is 4.79 Å². The fourth-order valence-corrected chi connectivity index (χ4v) is 1.88. The molecule has 1 saturated carbocycles. The van der Waals surface area contributed by atoms with Crippen molar-refractivity contribution in [3.05, 3.63) is 24.3 Å². The summed E-state index contributed by atoms with van der Waals surface area (Å²) in [7, 11) is 2.09. The van der Waals surface area contributed by atoms with Crippen LogP contribution < -0.4 is 15.8 Å². The van der Waals surface area contributed by atoms with Crippen molar-refractivity contribution in [3.8, 4) is 5.75 Å². The quantitative estimate of drug-likeness (QED) is 0.716. The lowest BCUT2D eigenvalue weighted by Gasteiger charge is -2.15. The molecule has 0 aliphatic heterocycles. The van der Waals surface area contributed by atoms with Crippen LogP contribution in [0.15, 0.2) is 24.3 Å². The molecular weight excluding hydrogens is 242 g/mol. The fourth-order valence-electron chi connectivity index (χ4n) is 1.88. The predicted octanol–water partition coefficient (Wildman–Crippen LogP) is 0.858. The van der Waals surface area contributed by atoms with E-state index in [2.05, 4.69) is 17.3 Å². The number of nitrogens with zero attached hydrogens (tertiary/aromatic N) is 1. The van der Waals surface area contributed by atoms with E-state index in [9.17, 15) is 4.79 Å². The van der Waals surface area contributed by atoms with Crippen LogP contribution in [0.2, 0.25) is 0 Å². The molecule has 3 N–H and O–H groups in total. The van der Waals surface area contributed by atoms with E-state index < -0.39 is 0 Å². The van der Waals surface area contributed by atoms with Gasteiger partial charge in [0, 0.05) is 19.1 Å². The topological polar surface area (TPSA) is 67.6 Å². The van der Waals surface area contributed by atoms with Crippen molar-refractivity contribution >= 4 is 11.6 Å². The van der Waals surface area contributed by atoms with Crippen LogP contribution in [-0.2, 0) is 4.79 Å². The Kier molecular flexibility index (Phi) is 4.63. The fraction of sp³-hybridized carbons (Fsp3) is 0.500. The maximum Gasteiger partial charge on any atom is 0.257 e. The molecule has 1 amide bonds. The van der Waals surface area contributed by atoms with Crippen LogP contribution in [0, 0.1) is 0 Å². The highest BCUT2D eigenvalue weighted by molar-refractivity contribution is 5.77. The van der Waals surface area contributed by atoms with Crippen LogP contribution in [0.4, 0.5) is 5.69 Å². The minimum Gasteiger partial charge on any atom is -0.482 e. The molecule has 1 aromatic rings. The Morgan fingerprint density at radius 3 is 2.89 bits per heavy atom. The number of rotatable bonds is 7. The molecule has 5 nitrogen and oxygen atoms in total. The van der Waals surface area contributed by atoms with E-state index in [1.807, 2.05) is 12.1 Å². The Morgan fingerprint density at radius 1 is 1.47 bits per heavy atom. The number of ether oxygens (including phenoxy) is 1. The molecule has 19 heavy (non-hydrogen) atoms. The number of benzene rings is 1. The molecule has 0 radical (unpaired) electrons. The Morgan fingerprint density at radius 2 is 2.21 bits per heavy atom. The van der Waals surface area contributed by atoms with E-state index in [1.54, 1.807) is 12.1 Å². The molecule has 2 rings (SSSR count). The molecule has 0 saturated heterocycles. The van der Waals surface area contributed by atoms with Crippen LogP contribution in [0.3, 0.4) is 0 Å². The summed E-state index contributed by atoms with van der Waals surface area (Å²) in [4.78, 5) is 13.9. The maximum absolute atomic E-state index is 11.6. The standard InChI is InChI=1S/C14H21N3O2/c1-17(11-6-7-11)9-8-16-14(18)10-19-13-5-3-2-4-12(13)15/h2-5,11H,6-10,15H2,1H3,(H,16,18). The second-order valence-electron chi connectivity index (χ2n) is 4.89.